The molecule has 17 heavy (non-hydrogen) atoms. The number of aliphatic hydroxyl groups excluding tert-OH is 1. The van der Waals surface area contributed by atoms with Gasteiger partial charge in [0.25, 0.3) is 5.91 Å². The molecule has 0 heterocycles. The van der Waals surface area contributed by atoms with Crippen LogP contribution in [0, 0.1) is 0 Å². The maximum absolute atomic E-state index is 12.0. The lowest BCUT2D eigenvalue weighted by molar-refractivity contribution is 0.0837. The van der Waals surface area contributed by atoms with E-state index in [9.17, 15) is 4.79 Å². The standard InChI is InChI=1S/C12H17NO3S/c1-16-8-9(7-14)13-12(15)10-5-3-4-6-11(10)17-2/h3-6,9,14H,7-8H2,1-2H3,(H,13,15). The fourth-order valence-corrected chi connectivity index (χ4v) is 2.03. The molecule has 1 atom stereocenters. The van der Waals surface area contributed by atoms with E-state index in [4.69, 9.17) is 9.84 Å². The molecule has 0 radical (unpaired) electrons. The summed E-state index contributed by atoms with van der Waals surface area (Å²) in [5.74, 6) is -0.189. The molecule has 0 aromatic heterocycles. The van der Waals surface area contributed by atoms with E-state index < -0.39 is 0 Å². The molecule has 0 aliphatic rings. The van der Waals surface area contributed by atoms with E-state index in [1.807, 2.05) is 24.5 Å². The van der Waals surface area contributed by atoms with Crippen molar-refractivity contribution in [3.8, 4) is 0 Å². The summed E-state index contributed by atoms with van der Waals surface area (Å²) in [4.78, 5) is 12.9. The van der Waals surface area contributed by atoms with Gasteiger partial charge in [0.2, 0.25) is 0 Å². The minimum atomic E-state index is -0.373. The molecule has 2 N–H and O–H groups in total. The maximum Gasteiger partial charge on any atom is 0.252 e. The molecule has 0 saturated carbocycles. The van der Waals surface area contributed by atoms with Gasteiger partial charge in [-0.1, -0.05) is 12.1 Å². The summed E-state index contributed by atoms with van der Waals surface area (Å²) in [7, 11) is 1.53. The number of thioether (sulfide) groups is 1. The van der Waals surface area contributed by atoms with Gasteiger partial charge in [-0.2, -0.15) is 0 Å². The average Bonchev–Trinajstić information content (AvgIpc) is 2.38. The third-order valence-corrected chi connectivity index (χ3v) is 3.07. The van der Waals surface area contributed by atoms with Crippen LogP contribution in [0.3, 0.4) is 0 Å². The van der Waals surface area contributed by atoms with Gasteiger partial charge >= 0.3 is 0 Å². The minimum absolute atomic E-state index is 0.138. The first-order chi connectivity index (χ1) is 8.22. The van der Waals surface area contributed by atoms with Gasteiger partial charge in [0, 0.05) is 12.0 Å². The largest absolute Gasteiger partial charge is 0.394 e. The zero-order chi connectivity index (χ0) is 12.7. The lowest BCUT2D eigenvalue weighted by atomic mass is 10.2. The van der Waals surface area contributed by atoms with Crippen molar-refractivity contribution >= 4 is 17.7 Å². The SMILES string of the molecule is COCC(CO)NC(=O)c1ccccc1SC. The molecule has 0 aliphatic heterocycles. The van der Waals surface area contributed by atoms with Crippen molar-refractivity contribution in [2.24, 2.45) is 0 Å². The van der Waals surface area contributed by atoms with Crippen LogP contribution in [0.5, 0.6) is 0 Å². The molecule has 0 bridgehead atoms. The van der Waals surface area contributed by atoms with Crippen LogP contribution < -0.4 is 5.32 Å². The van der Waals surface area contributed by atoms with Crippen molar-refractivity contribution in [1.82, 2.24) is 5.32 Å². The van der Waals surface area contributed by atoms with Gasteiger partial charge in [-0.3, -0.25) is 4.79 Å². The Morgan fingerprint density at radius 3 is 2.82 bits per heavy atom. The average molecular weight is 255 g/mol. The fraction of sp³-hybridized carbons (Fsp3) is 0.417. The van der Waals surface area contributed by atoms with Gasteiger partial charge in [-0.15, -0.1) is 11.8 Å². The number of benzene rings is 1. The summed E-state index contributed by atoms with van der Waals surface area (Å²) in [6, 6.07) is 6.99. The molecule has 5 heteroatoms. The lowest BCUT2D eigenvalue weighted by Crippen LogP contribution is -2.40. The van der Waals surface area contributed by atoms with Crippen molar-refractivity contribution in [3.63, 3.8) is 0 Å². The molecule has 1 unspecified atom stereocenters. The van der Waals surface area contributed by atoms with E-state index in [0.717, 1.165) is 4.90 Å². The molecular weight excluding hydrogens is 238 g/mol. The molecule has 0 aliphatic carbocycles. The number of nitrogens with one attached hydrogen (secondary N) is 1. The first-order valence-corrected chi connectivity index (χ1v) is 6.49. The van der Waals surface area contributed by atoms with E-state index in [1.165, 1.54) is 18.9 Å². The second kappa shape index (κ2) is 7.32. The Balaban J connectivity index is 2.75. The highest BCUT2D eigenvalue weighted by Gasteiger charge is 2.15. The first-order valence-electron chi connectivity index (χ1n) is 5.26. The predicted octanol–water partition coefficient (Wildman–Crippen LogP) is 1.15. The third-order valence-electron chi connectivity index (χ3n) is 2.28. The van der Waals surface area contributed by atoms with E-state index in [0.29, 0.717) is 12.2 Å². The highest BCUT2D eigenvalue weighted by molar-refractivity contribution is 7.98. The van der Waals surface area contributed by atoms with Crippen molar-refractivity contribution in [2.75, 3.05) is 26.6 Å². The summed E-state index contributed by atoms with van der Waals surface area (Å²) in [6.07, 6.45) is 1.92. The number of carbonyl (C=O) groups excluding carboxylic acids is 1. The highest BCUT2D eigenvalue weighted by atomic mass is 32.2. The van der Waals surface area contributed by atoms with Gasteiger partial charge in [-0.05, 0) is 18.4 Å². The van der Waals surface area contributed by atoms with E-state index in [2.05, 4.69) is 5.32 Å². The van der Waals surface area contributed by atoms with Crippen LogP contribution in [0.15, 0.2) is 29.2 Å². The Bertz CT molecular complexity index is 371. The topological polar surface area (TPSA) is 58.6 Å². The molecule has 1 aromatic carbocycles. The number of hydrogen-bond acceptors (Lipinski definition) is 4. The number of ether oxygens (including phenoxy) is 1. The monoisotopic (exact) mass is 255 g/mol. The number of rotatable bonds is 6. The van der Waals surface area contributed by atoms with E-state index in [-0.39, 0.29) is 18.6 Å². The molecule has 0 spiro atoms. The third kappa shape index (κ3) is 4.03. The van der Waals surface area contributed by atoms with E-state index in [1.54, 1.807) is 6.07 Å². The summed E-state index contributed by atoms with van der Waals surface area (Å²) in [6.45, 7) is 0.157. The zero-order valence-electron chi connectivity index (χ0n) is 9.97. The lowest BCUT2D eigenvalue weighted by Gasteiger charge is -2.16. The summed E-state index contributed by atoms with van der Waals surface area (Å²) >= 11 is 1.52. The van der Waals surface area contributed by atoms with Gasteiger partial charge < -0.3 is 15.2 Å². The number of hydrogen-bond donors (Lipinski definition) is 2. The minimum Gasteiger partial charge on any atom is -0.394 e. The van der Waals surface area contributed by atoms with Crippen LogP contribution in [0.25, 0.3) is 0 Å². The van der Waals surface area contributed by atoms with Crippen LogP contribution in [0.2, 0.25) is 0 Å². The van der Waals surface area contributed by atoms with Crippen LogP contribution in [0.4, 0.5) is 0 Å². The Kier molecular flexibility index (Phi) is 6.04. The van der Waals surface area contributed by atoms with Crippen molar-refractivity contribution in [2.45, 2.75) is 10.9 Å². The van der Waals surface area contributed by atoms with Gasteiger partial charge in [0.05, 0.1) is 24.8 Å². The molecule has 0 saturated heterocycles. The molecule has 1 rings (SSSR count). The Hall–Kier alpha value is -1.04. The summed E-state index contributed by atoms with van der Waals surface area (Å²) < 4.78 is 4.91. The van der Waals surface area contributed by atoms with Crippen LogP contribution in [0.1, 0.15) is 10.4 Å². The molecule has 1 aromatic rings. The van der Waals surface area contributed by atoms with Crippen molar-refractivity contribution < 1.29 is 14.6 Å². The second-order valence-electron chi connectivity index (χ2n) is 3.51. The predicted molar refractivity (Wildman–Crippen MR) is 68.4 cm³/mol. The molecule has 0 fully saturated rings. The fourth-order valence-electron chi connectivity index (χ4n) is 1.44. The first kappa shape index (κ1) is 14.0. The van der Waals surface area contributed by atoms with E-state index >= 15 is 0 Å². The number of amides is 1. The quantitative estimate of drug-likeness (QED) is 0.749. The Morgan fingerprint density at radius 1 is 1.53 bits per heavy atom. The van der Waals surface area contributed by atoms with Gasteiger partial charge in [0.15, 0.2) is 0 Å². The van der Waals surface area contributed by atoms with Crippen molar-refractivity contribution in [3.05, 3.63) is 29.8 Å². The number of aliphatic hydroxyl groups is 1. The van der Waals surface area contributed by atoms with Gasteiger partial charge in [0.1, 0.15) is 0 Å². The van der Waals surface area contributed by atoms with Gasteiger partial charge in [-0.25, -0.2) is 0 Å². The van der Waals surface area contributed by atoms with Crippen LogP contribution in [-0.2, 0) is 4.74 Å². The Labute approximate surface area is 105 Å². The Morgan fingerprint density at radius 2 is 2.24 bits per heavy atom. The van der Waals surface area contributed by atoms with Crippen LogP contribution in [-0.4, -0.2) is 43.6 Å². The molecule has 94 valence electrons. The molecule has 4 nitrogen and oxygen atoms in total. The smallest absolute Gasteiger partial charge is 0.252 e. The highest BCUT2D eigenvalue weighted by Crippen LogP contribution is 2.19. The second-order valence-corrected chi connectivity index (χ2v) is 4.36. The zero-order valence-corrected chi connectivity index (χ0v) is 10.8. The van der Waals surface area contributed by atoms with Crippen LogP contribution >= 0.6 is 11.8 Å². The van der Waals surface area contributed by atoms with Crippen molar-refractivity contribution in [1.29, 1.82) is 0 Å². The summed E-state index contributed by atoms with van der Waals surface area (Å²) in [5, 5.41) is 11.8. The maximum atomic E-state index is 12.0. The molecule has 1 amide bonds. The summed E-state index contributed by atoms with van der Waals surface area (Å²) in [5.41, 5.74) is 0.620. The molecular formula is C12H17NO3S. The number of methoxy groups -OCH3 is 1. The normalized spacial score (nSPS) is 12.2. The number of carbonyl (C=O) groups is 1.